The minimum absolute atomic E-state index is 0.137. The normalized spacial score (nSPS) is 19.2. The molecule has 0 N–H and O–H groups in total. The number of hydrogen-bond acceptors (Lipinski definition) is 0. The van der Waals surface area contributed by atoms with Crippen molar-refractivity contribution in [1.29, 1.82) is 0 Å². The highest BCUT2D eigenvalue weighted by Crippen LogP contribution is 2.31. The first-order valence-electron chi connectivity index (χ1n) is 6.25. The first kappa shape index (κ1) is 12.8. The molecule has 0 radical (unpaired) electrons. The Morgan fingerprint density at radius 1 is 1.12 bits per heavy atom. The summed E-state index contributed by atoms with van der Waals surface area (Å²) in [4.78, 5) is 0. The predicted octanol–water partition coefficient (Wildman–Crippen LogP) is 4.70. The lowest BCUT2D eigenvalue weighted by atomic mass is 9.84. The van der Waals surface area contributed by atoms with Crippen LogP contribution in [0.1, 0.15) is 37.7 Å². The van der Waals surface area contributed by atoms with Gasteiger partial charge in [-0.05, 0) is 37.3 Å². The molecule has 1 unspecified atom stereocenters. The summed E-state index contributed by atoms with van der Waals surface area (Å²) in [6.07, 6.45) is 6.11. The SMILES string of the molecule is Fc1cccc(F)c1CC(Cl)C1CCCCC1. The van der Waals surface area contributed by atoms with Crippen molar-refractivity contribution >= 4 is 11.6 Å². The standard InChI is InChI=1S/C14H17ClF2/c15-12(10-5-2-1-3-6-10)9-11-13(16)7-4-8-14(11)17/h4,7-8,10,12H,1-3,5-6,9H2. The molecule has 1 aromatic rings. The van der Waals surface area contributed by atoms with Crippen LogP contribution in [-0.4, -0.2) is 5.38 Å². The van der Waals surface area contributed by atoms with Crippen molar-refractivity contribution in [2.45, 2.75) is 43.9 Å². The fraction of sp³-hybridized carbons (Fsp3) is 0.571. The Morgan fingerprint density at radius 2 is 1.71 bits per heavy atom. The second kappa shape index (κ2) is 5.81. The van der Waals surface area contributed by atoms with Gasteiger partial charge in [0.05, 0.1) is 0 Å². The molecule has 0 bridgehead atoms. The summed E-state index contributed by atoms with van der Waals surface area (Å²) in [7, 11) is 0. The van der Waals surface area contributed by atoms with E-state index in [4.69, 9.17) is 11.6 Å². The molecule has 0 aliphatic heterocycles. The summed E-state index contributed by atoms with van der Waals surface area (Å²) < 4.78 is 27.0. The zero-order chi connectivity index (χ0) is 12.3. The van der Waals surface area contributed by atoms with Gasteiger partial charge in [-0.3, -0.25) is 0 Å². The molecule has 1 aromatic carbocycles. The average molecular weight is 259 g/mol. The molecule has 94 valence electrons. The lowest BCUT2D eigenvalue weighted by molar-refractivity contribution is 0.341. The Morgan fingerprint density at radius 3 is 2.29 bits per heavy atom. The van der Waals surface area contributed by atoms with Gasteiger partial charge in [0.25, 0.3) is 0 Å². The number of rotatable bonds is 3. The van der Waals surface area contributed by atoms with Crippen LogP contribution in [0.4, 0.5) is 8.78 Å². The van der Waals surface area contributed by atoms with E-state index >= 15 is 0 Å². The predicted molar refractivity (Wildman–Crippen MR) is 66.3 cm³/mol. The Hall–Kier alpha value is -0.630. The molecule has 1 fully saturated rings. The zero-order valence-electron chi connectivity index (χ0n) is 9.76. The van der Waals surface area contributed by atoms with E-state index in [-0.39, 0.29) is 10.9 Å². The van der Waals surface area contributed by atoms with Crippen LogP contribution in [0.25, 0.3) is 0 Å². The molecule has 1 aliphatic carbocycles. The average Bonchev–Trinajstić information content (AvgIpc) is 2.35. The van der Waals surface area contributed by atoms with Gasteiger partial charge >= 0.3 is 0 Å². The molecular formula is C14H17ClF2. The van der Waals surface area contributed by atoms with Crippen LogP contribution in [0, 0.1) is 17.6 Å². The Labute approximate surface area is 106 Å². The minimum Gasteiger partial charge on any atom is -0.207 e. The first-order chi connectivity index (χ1) is 8.18. The Kier molecular flexibility index (Phi) is 4.38. The van der Waals surface area contributed by atoms with Crippen molar-refractivity contribution in [2.75, 3.05) is 0 Å². The van der Waals surface area contributed by atoms with E-state index in [1.54, 1.807) is 0 Å². The van der Waals surface area contributed by atoms with Gasteiger partial charge in [-0.25, -0.2) is 8.78 Å². The van der Waals surface area contributed by atoms with Gasteiger partial charge in [-0.15, -0.1) is 11.6 Å². The molecule has 1 saturated carbocycles. The monoisotopic (exact) mass is 258 g/mol. The number of hydrogen-bond donors (Lipinski definition) is 0. The van der Waals surface area contributed by atoms with Gasteiger partial charge in [-0.2, -0.15) is 0 Å². The minimum atomic E-state index is -0.480. The smallest absolute Gasteiger partial charge is 0.129 e. The van der Waals surface area contributed by atoms with Crippen molar-refractivity contribution in [3.63, 3.8) is 0 Å². The molecule has 0 heterocycles. The van der Waals surface area contributed by atoms with Gasteiger partial charge in [0.15, 0.2) is 0 Å². The van der Waals surface area contributed by atoms with E-state index in [1.165, 1.54) is 37.5 Å². The molecule has 0 spiro atoms. The largest absolute Gasteiger partial charge is 0.207 e. The van der Waals surface area contributed by atoms with Crippen LogP contribution in [-0.2, 0) is 6.42 Å². The van der Waals surface area contributed by atoms with Gasteiger partial charge in [0.1, 0.15) is 11.6 Å². The summed E-state index contributed by atoms with van der Waals surface area (Å²) >= 11 is 6.30. The van der Waals surface area contributed by atoms with Crippen LogP contribution in [0.2, 0.25) is 0 Å². The van der Waals surface area contributed by atoms with Crippen LogP contribution < -0.4 is 0 Å². The Balaban J connectivity index is 2.04. The number of halogens is 3. The highest BCUT2D eigenvalue weighted by atomic mass is 35.5. The molecular weight excluding hydrogens is 242 g/mol. The van der Waals surface area contributed by atoms with Crippen molar-refractivity contribution in [3.05, 3.63) is 35.4 Å². The molecule has 0 nitrogen and oxygen atoms in total. The first-order valence-corrected chi connectivity index (χ1v) is 6.69. The summed E-state index contributed by atoms with van der Waals surface area (Å²) in [5.41, 5.74) is 0.137. The molecule has 2 rings (SSSR count). The van der Waals surface area contributed by atoms with Crippen molar-refractivity contribution < 1.29 is 8.78 Å². The number of benzene rings is 1. The fourth-order valence-corrected chi connectivity index (χ4v) is 2.99. The maximum absolute atomic E-state index is 13.5. The van der Waals surface area contributed by atoms with E-state index in [0.717, 1.165) is 12.8 Å². The summed E-state index contributed by atoms with van der Waals surface area (Å²) in [6.45, 7) is 0. The zero-order valence-corrected chi connectivity index (χ0v) is 10.5. The van der Waals surface area contributed by atoms with E-state index in [2.05, 4.69) is 0 Å². The lowest BCUT2D eigenvalue weighted by Crippen LogP contribution is -2.21. The molecule has 0 amide bonds. The number of alkyl halides is 1. The van der Waals surface area contributed by atoms with Gasteiger partial charge < -0.3 is 0 Å². The maximum atomic E-state index is 13.5. The maximum Gasteiger partial charge on any atom is 0.129 e. The van der Waals surface area contributed by atoms with E-state index in [1.807, 2.05) is 0 Å². The lowest BCUT2D eigenvalue weighted by Gasteiger charge is -2.26. The molecule has 1 aliphatic rings. The van der Waals surface area contributed by atoms with Crippen LogP contribution in [0.5, 0.6) is 0 Å². The van der Waals surface area contributed by atoms with Gasteiger partial charge in [0, 0.05) is 10.9 Å². The van der Waals surface area contributed by atoms with Crippen LogP contribution in [0.15, 0.2) is 18.2 Å². The fourth-order valence-electron chi connectivity index (χ4n) is 2.58. The topological polar surface area (TPSA) is 0 Å². The molecule has 3 heteroatoms. The third kappa shape index (κ3) is 3.19. The van der Waals surface area contributed by atoms with Gasteiger partial charge in [0.2, 0.25) is 0 Å². The van der Waals surface area contributed by atoms with Gasteiger partial charge in [-0.1, -0.05) is 25.3 Å². The van der Waals surface area contributed by atoms with E-state index in [0.29, 0.717) is 12.3 Å². The highest BCUT2D eigenvalue weighted by Gasteiger charge is 2.24. The van der Waals surface area contributed by atoms with Crippen LogP contribution >= 0.6 is 11.6 Å². The third-order valence-electron chi connectivity index (χ3n) is 3.62. The highest BCUT2D eigenvalue weighted by molar-refractivity contribution is 6.20. The molecule has 1 atom stereocenters. The summed E-state index contributed by atoms with van der Waals surface area (Å²) in [5.74, 6) is -0.553. The molecule has 0 saturated heterocycles. The molecule has 0 aromatic heterocycles. The second-order valence-corrected chi connectivity index (χ2v) is 5.38. The summed E-state index contributed by atoms with van der Waals surface area (Å²) in [6, 6.07) is 3.98. The Bertz CT molecular complexity index is 352. The van der Waals surface area contributed by atoms with Crippen LogP contribution in [0.3, 0.4) is 0 Å². The van der Waals surface area contributed by atoms with Crippen molar-refractivity contribution in [1.82, 2.24) is 0 Å². The van der Waals surface area contributed by atoms with Crippen molar-refractivity contribution in [3.8, 4) is 0 Å². The second-order valence-electron chi connectivity index (χ2n) is 4.82. The van der Waals surface area contributed by atoms with Crippen molar-refractivity contribution in [2.24, 2.45) is 5.92 Å². The van der Waals surface area contributed by atoms with E-state index in [9.17, 15) is 8.78 Å². The third-order valence-corrected chi connectivity index (χ3v) is 4.13. The quantitative estimate of drug-likeness (QED) is 0.690. The van der Waals surface area contributed by atoms with E-state index < -0.39 is 11.6 Å². The summed E-state index contributed by atoms with van der Waals surface area (Å²) in [5, 5.41) is -0.151. The molecule has 17 heavy (non-hydrogen) atoms.